The van der Waals surface area contributed by atoms with Gasteiger partial charge in [-0.15, -0.1) is 0 Å². The number of aromatic hydroxyl groups is 1. The number of hydrogen-bond acceptors (Lipinski definition) is 3. The van der Waals surface area contributed by atoms with E-state index in [0.29, 0.717) is 5.56 Å². The molecule has 0 saturated carbocycles. The molecule has 0 aliphatic rings. The number of benzene rings is 1. The normalized spacial score (nSPS) is 9.62. The van der Waals surface area contributed by atoms with Gasteiger partial charge < -0.3 is 15.3 Å². The molecule has 0 aliphatic heterocycles. The standard InChI is InChI=1S/C11H14N2O3/c1-12-10(15)7-13(2)11(16)8-3-5-9(14)6-4-8/h3-6,14H,7H2,1-2H3,(H,12,15). The van der Waals surface area contributed by atoms with Crippen LogP contribution in [0, 0.1) is 0 Å². The predicted molar refractivity (Wildman–Crippen MR) is 59.1 cm³/mol. The minimum absolute atomic E-state index is 0.0101. The third kappa shape index (κ3) is 2.98. The summed E-state index contributed by atoms with van der Waals surface area (Å²) in [6, 6.07) is 5.89. The summed E-state index contributed by atoms with van der Waals surface area (Å²) >= 11 is 0. The molecule has 2 N–H and O–H groups in total. The second-order valence-corrected chi connectivity index (χ2v) is 3.38. The first-order valence-electron chi connectivity index (χ1n) is 4.79. The molecule has 1 aromatic rings. The van der Waals surface area contributed by atoms with E-state index in [1.54, 1.807) is 7.05 Å². The molecule has 5 nitrogen and oxygen atoms in total. The molecule has 1 aromatic carbocycles. The first-order chi connectivity index (χ1) is 7.54. The van der Waals surface area contributed by atoms with E-state index in [9.17, 15) is 9.59 Å². The van der Waals surface area contributed by atoms with Gasteiger partial charge in [-0.3, -0.25) is 9.59 Å². The van der Waals surface area contributed by atoms with Crippen molar-refractivity contribution in [2.75, 3.05) is 20.6 Å². The van der Waals surface area contributed by atoms with Crippen molar-refractivity contribution in [3.63, 3.8) is 0 Å². The third-order valence-electron chi connectivity index (χ3n) is 2.12. The van der Waals surface area contributed by atoms with Crippen LogP contribution in [-0.2, 0) is 4.79 Å². The van der Waals surface area contributed by atoms with Gasteiger partial charge in [0, 0.05) is 19.7 Å². The van der Waals surface area contributed by atoms with E-state index in [0.717, 1.165) is 0 Å². The predicted octanol–water partition coefficient (Wildman–Crippen LogP) is 0.210. The van der Waals surface area contributed by atoms with Crippen molar-refractivity contribution in [1.82, 2.24) is 10.2 Å². The number of phenolic OH excluding ortho intramolecular Hbond substituents is 1. The van der Waals surface area contributed by atoms with Gasteiger partial charge in [0.1, 0.15) is 5.75 Å². The molecule has 0 atom stereocenters. The summed E-state index contributed by atoms with van der Waals surface area (Å²) in [6.45, 7) is 0.0101. The zero-order chi connectivity index (χ0) is 12.1. The SMILES string of the molecule is CNC(=O)CN(C)C(=O)c1ccc(O)cc1. The Balaban J connectivity index is 2.70. The average Bonchev–Trinajstić information content (AvgIpc) is 2.28. The highest BCUT2D eigenvalue weighted by Crippen LogP contribution is 2.10. The number of carbonyl (C=O) groups is 2. The van der Waals surface area contributed by atoms with Gasteiger partial charge in [-0.05, 0) is 24.3 Å². The maximum Gasteiger partial charge on any atom is 0.254 e. The number of amides is 2. The minimum atomic E-state index is -0.261. The second kappa shape index (κ2) is 5.16. The molecule has 5 heteroatoms. The van der Waals surface area contributed by atoms with Gasteiger partial charge in [-0.25, -0.2) is 0 Å². The number of carbonyl (C=O) groups excluding carboxylic acids is 2. The Labute approximate surface area is 93.7 Å². The van der Waals surface area contributed by atoms with Gasteiger partial charge in [0.25, 0.3) is 5.91 Å². The molecule has 0 radical (unpaired) electrons. The molecule has 0 spiro atoms. The highest BCUT2D eigenvalue weighted by molar-refractivity contribution is 5.96. The van der Waals surface area contributed by atoms with Crippen LogP contribution in [0.2, 0.25) is 0 Å². The van der Waals surface area contributed by atoms with E-state index in [2.05, 4.69) is 5.32 Å². The van der Waals surface area contributed by atoms with Crippen LogP contribution in [0.15, 0.2) is 24.3 Å². The Hall–Kier alpha value is -2.04. The Morgan fingerprint density at radius 3 is 2.38 bits per heavy atom. The number of rotatable bonds is 3. The minimum Gasteiger partial charge on any atom is -0.508 e. The van der Waals surface area contributed by atoms with Crippen LogP contribution in [0.4, 0.5) is 0 Å². The second-order valence-electron chi connectivity index (χ2n) is 3.38. The van der Waals surface area contributed by atoms with Crippen LogP contribution in [0.3, 0.4) is 0 Å². The van der Waals surface area contributed by atoms with E-state index in [1.807, 2.05) is 0 Å². The van der Waals surface area contributed by atoms with Crippen molar-refractivity contribution in [1.29, 1.82) is 0 Å². The lowest BCUT2D eigenvalue weighted by atomic mass is 10.2. The van der Waals surface area contributed by atoms with E-state index >= 15 is 0 Å². The number of nitrogens with one attached hydrogen (secondary N) is 1. The van der Waals surface area contributed by atoms with E-state index in [4.69, 9.17) is 5.11 Å². The molecule has 16 heavy (non-hydrogen) atoms. The topological polar surface area (TPSA) is 69.6 Å². The van der Waals surface area contributed by atoms with Crippen molar-refractivity contribution in [2.24, 2.45) is 0 Å². The fourth-order valence-electron chi connectivity index (χ4n) is 1.19. The van der Waals surface area contributed by atoms with E-state index in [1.165, 1.54) is 36.2 Å². The van der Waals surface area contributed by atoms with Crippen LogP contribution >= 0.6 is 0 Å². The van der Waals surface area contributed by atoms with Crippen LogP contribution in [0.5, 0.6) is 5.75 Å². The van der Waals surface area contributed by atoms with Crippen molar-refractivity contribution in [3.05, 3.63) is 29.8 Å². The van der Waals surface area contributed by atoms with Crippen molar-refractivity contribution in [3.8, 4) is 5.75 Å². The summed E-state index contributed by atoms with van der Waals surface area (Å²) in [6.07, 6.45) is 0. The smallest absolute Gasteiger partial charge is 0.254 e. The van der Waals surface area contributed by atoms with Crippen LogP contribution < -0.4 is 5.32 Å². The van der Waals surface area contributed by atoms with Crippen molar-refractivity contribution >= 4 is 11.8 Å². The monoisotopic (exact) mass is 222 g/mol. The van der Waals surface area contributed by atoms with Crippen molar-refractivity contribution in [2.45, 2.75) is 0 Å². The van der Waals surface area contributed by atoms with Crippen LogP contribution in [0.1, 0.15) is 10.4 Å². The lowest BCUT2D eigenvalue weighted by molar-refractivity contribution is -0.121. The molecule has 0 aromatic heterocycles. The van der Waals surface area contributed by atoms with Gasteiger partial charge in [0.05, 0.1) is 6.54 Å². The van der Waals surface area contributed by atoms with E-state index < -0.39 is 0 Å². The summed E-state index contributed by atoms with van der Waals surface area (Å²) in [5, 5.41) is 11.5. The number of hydrogen-bond donors (Lipinski definition) is 2. The summed E-state index contributed by atoms with van der Waals surface area (Å²) < 4.78 is 0. The van der Waals surface area contributed by atoms with Crippen LogP contribution in [-0.4, -0.2) is 42.5 Å². The fourth-order valence-corrected chi connectivity index (χ4v) is 1.19. The molecule has 1 rings (SSSR count). The number of phenols is 1. The number of likely N-dealkylation sites (N-methyl/N-ethyl adjacent to an activating group) is 2. The van der Waals surface area contributed by atoms with Gasteiger partial charge >= 0.3 is 0 Å². The summed E-state index contributed by atoms with van der Waals surface area (Å²) in [7, 11) is 3.06. The summed E-state index contributed by atoms with van der Waals surface area (Å²) in [4.78, 5) is 24.1. The van der Waals surface area contributed by atoms with Crippen molar-refractivity contribution < 1.29 is 14.7 Å². The Bertz CT molecular complexity index is 387. The molecule has 0 unspecified atom stereocenters. The van der Waals surface area contributed by atoms with Gasteiger partial charge in [0.2, 0.25) is 5.91 Å². The first kappa shape index (κ1) is 12.0. The highest BCUT2D eigenvalue weighted by Gasteiger charge is 2.13. The highest BCUT2D eigenvalue weighted by atomic mass is 16.3. The van der Waals surface area contributed by atoms with Gasteiger partial charge in [-0.2, -0.15) is 0 Å². The summed E-state index contributed by atoms with van der Waals surface area (Å²) in [5.41, 5.74) is 0.434. The maximum absolute atomic E-state index is 11.8. The molecule has 0 aliphatic carbocycles. The van der Waals surface area contributed by atoms with E-state index in [-0.39, 0.29) is 24.1 Å². The fraction of sp³-hybridized carbons (Fsp3) is 0.273. The molecular weight excluding hydrogens is 208 g/mol. The Morgan fingerprint density at radius 2 is 1.88 bits per heavy atom. The molecule has 86 valence electrons. The molecule has 2 amide bonds. The molecule has 0 saturated heterocycles. The molecule has 0 bridgehead atoms. The molecule has 0 fully saturated rings. The molecular formula is C11H14N2O3. The lowest BCUT2D eigenvalue weighted by Crippen LogP contribution is -2.36. The zero-order valence-corrected chi connectivity index (χ0v) is 9.23. The van der Waals surface area contributed by atoms with Crippen LogP contribution in [0.25, 0.3) is 0 Å². The summed E-state index contributed by atoms with van der Waals surface area (Å²) in [5.74, 6) is -0.385. The molecule has 0 heterocycles. The first-order valence-corrected chi connectivity index (χ1v) is 4.79. The largest absolute Gasteiger partial charge is 0.508 e. The quantitative estimate of drug-likeness (QED) is 0.768. The lowest BCUT2D eigenvalue weighted by Gasteiger charge is -2.15. The third-order valence-corrected chi connectivity index (χ3v) is 2.12. The Morgan fingerprint density at radius 1 is 1.31 bits per heavy atom. The Kier molecular flexibility index (Phi) is 3.88. The van der Waals surface area contributed by atoms with Gasteiger partial charge in [-0.1, -0.05) is 0 Å². The number of nitrogens with zero attached hydrogens (tertiary/aromatic N) is 1. The zero-order valence-electron chi connectivity index (χ0n) is 9.23. The average molecular weight is 222 g/mol. The maximum atomic E-state index is 11.8. The van der Waals surface area contributed by atoms with Gasteiger partial charge in [0.15, 0.2) is 0 Å².